The van der Waals surface area contributed by atoms with Gasteiger partial charge in [0.2, 0.25) is 0 Å². The molecule has 3 rings (SSSR count). The van der Waals surface area contributed by atoms with Crippen molar-refractivity contribution >= 4 is 11.6 Å². The highest BCUT2D eigenvalue weighted by molar-refractivity contribution is 6.03. The number of carbonyl (C=O) groups excluding carboxylic acids is 1. The number of hydrogen-bond donors (Lipinski definition) is 1. The monoisotopic (exact) mass is 340 g/mol. The first-order valence-electron chi connectivity index (χ1n) is 7.47. The number of aromatic nitrogens is 3. The molecule has 0 aliphatic heterocycles. The van der Waals surface area contributed by atoms with Gasteiger partial charge in [-0.1, -0.05) is 0 Å². The highest BCUT2D eigenvalue weighted by Crippen LogP contribution is 2.21. The Morgan fingerprint density at radius 3 is 2.40 bits per heavy atom. The molecule has 126 valence electrons. The van der Waals surface area contributed by atoms with Gasteiger partial charge in [-0.25, -0.2) is 18.7 Å². The summed E-state index contributed by atoms with van der Waals surface area (Å²) in [6.45, 7) is 3.41. The van der Waals surface area contributed by atoms with E-state index in [-0.39, 0.29) is 17.0 Å². The molecule has 0 aliphatic carbocycles. The SMILES string of the molecule is Cc1cc(NC(=O)c2cc(-c3cc(F)cc(F)c3)nc(C)n2)ccn1. The van der Waals surface area contributed by atoms with Crippen LogP contribution in [0.5, 0.6) is 0 Å². The van der Waals surface area contributed by atoms with E-state index in [0.29, 0.717) is 11.5 Å². The van der Waals surface area contributed by atoms with Crippen LogP contribution in [0.2, 0.25) is 0 Å². The van der Waals surface area contributed by atoms with Crippen molar-refractivity contribution in [1.29, 1.82) is 0 Å². The topological polar surface area (TPSA) is 67.8 Å². The number of halogens is 2. The van der Waals surface area contributed by atoms with Gasteiger partial charge in [0, 0.05) is 29.2 Å². The zero-order valence-electron chi connectivity index (χ0n) is 13.5. The molecule has 0 spiro atoms. The molecule has 0 radical (unpaired) electrons. The molecule has 1 N–H and O–H groups in total. The first-order chi connectivity index (χ1) is 11.9. The maximum atomic E-state index is 13.4. The lowest BCUT2D eigenvalue weighted by molar-refractivity contribution is 0.102. The zero-order chi connectivity index (χ0) is 18.0. The van der Waals surface area contributed by atoms with E-state index in [2.05, 4.69) is 20.3 Å². The fraction of sp³-hybridized carbons (Fsp3) is 0.111. The summed E-state index contributed by atoms with van der Waals surface area (Å²) < 4.78 is 26.9. The number of hydrogen-bond acceptors (Lipinski definition) is 4. The fourth-order valence-corrected chi connectivity index (χ4v) is 2.35. The van der Waals surface area contributed by atoms with Crippen LogP contribution in [0.15, 0.2) is 42.6 Å². The van der Waals surface area contributed by atoms with Crippen LogP contribution in [0.4, 0.5) is 14.5 Å². The van der Waals surface area contributed by atoms with Crippen molar-refractivity contribution in [2.45, 2.75) is 13.8 Å². The standard InChI is InChI=1S/C18H14F2N4O/c1-10-5-15(3-4-21-10)24-18(25)17-9-16(22-11(2)23-17)12-6-13(19)8-14(20)7-12/h3-9H,1-2H3,(H,21,24,25). The lowest BCUT2D eigenvalue weighted by Crippen LogP contribution is -2.15. The van der Waals surface area contributed by atoms with E-state index in [4.69, 9.17) is 0 Å². The van der Waals surface area contributed by atoms with E-state index in [1.807, 2.05) is 0 Å². The Labute approximate surface area is 142 Å². The number of anilines is 1. The first kappa shape index (κ1) is 16.6. The summed E-state index contributed by atoms with van der Waals surface area (Å²) in [4.78, 5) is 24.7. The van der Waals surface area contributed by atoms with Crippen LogP contribution < -0.4 is 5.32 Å². The number of carbonyl (C=O) groups is 1. The number of benzene rings is 1. The summed E-state index contributed by atoms with van der Waals surface area (Å²) in [7, 11) is 0. The van der Waals surface area contributed by atoms with Gasteiger partial charge in [-0.05, 0) is 44.2 Å². The zero-order valence-corrected chi connectivity index (χ0v) is 13.5. The summed E-state index contributed by atoms with van der Waals surface area (Å²) in [6, 6.07) is 7.84. The van der Waals surface area contributed by atoms with Crippen LogP contribution in [0.1, 0.15) is 22.0 Å². The molecule has 5 nitrogen and oxygen atoms in total. The molecule has 7 heteroatoms. The summed E-state index contributed by atoms with van der Waals surface area (Å²) >= 11 is 0. The normalized spacial score (nSPS) is 10.6. The van der Waals surface area contributed by atoms with Crippen molar-refractivity contribution in [1.82, 2.24) is 15.0 Å². The maximum Gasteiger partial charge on any atom is 0.274 e. The average Bonchev–Trinajstić information content (AvgIpc) is 2.53. The Morgan fingerprint density at radius 1 is 1.00 bits per heavy atom. The number of amides is 1. The van der Waals surface area contributed by atoms with Gasteiger partial charge in [-0.2, -0.15) is 0 Å². The molecule has 2 heterocycles. The van der Waals surface area contributed by atoms with Gasteiger partial charge in [-0.15, -0.1) is 0 Å². The number of aryl methyl sites for hydroxylation is 2. The molecule has 0 unspecified atom stereocenters. The molecular formula is C18H14F2N4O. The number of nitrogens with one attached hydrogen (secondary N) is 1. The number of rotatable bonds is 3. The quantitative estimate of drug-likeness (QED) is 0.790. The Kier molecular flexibility index (Phi) is 4.47. The second-order valence-electron chi connectivity index (χ2n) is 5.48. The Hall–Kier alpha value is -3.22. The fourth-order valence-electron chi connectivity index (χ4n) is 2.35. The van der Waals surface area contributed by atoms with Crippen molar-refractivity contribution in [2.75, 3.05) is 5.32 Å². The predicted octanol–water partition coefficient (Wildman–Crippen LogP) is 3.69. The molecule has 0 aliphatic rings. The van der Waals surface area contributed by atoms with E-state index in [9.17, 15) is 13.6 Å². The largest absolute Gasteiger partial charge is 0.321 e. The van der Waals surface area contributed by atoms with Crippen LogP contribution >= 0.6 is 0 Å². The van der Waals surface area contributed by atoms with E-state index in [1.54, 1.807) is 32.2 Å². The average molecular weight is 340 g/mol. The molecule has 2 aromatic heterocycles. The highest BCUT2D eigenvalue weighted by atomic mass is 19.1. The molecule has 1 amide bonds. The molecule has 0 saturated carbocycles. The Morgan fingerprint density at radius 2 is 1.72 bits per heavy atom. The van der Waals surface area contributed by atoms with Crippen LogP contribution in [0.25, 0.3) is 11.3 Å². The summed E-state index contributed by atoms with van der Waals surface area (Å²) in [5, 5.41) is 2.71. The molecule has 0 fully saturated rings. The smallest absolute Gasteiger partial charge is 0.274 e. The first-order valence-corrected chi connectivity index (χ1v) is 7.47. The van der Waals surface area contributed by atoms with Gasteiger partial charge in [0.15, 0.2) is 0 Å². The van der Waals surface area contributed by atoms with Crippen LogP contribution in [-0.4, -0.2) is 20.9 Å². The van der Waals surface area contributed by atoms with Crippen molar-refractivity contribution in [3.8, 4) is 11.3 Å². The minimum atomic E-state index is -0.718. The van der Waals surface area contributed by atoms with E-state index in [0.717, 1.165) is 23.9 Å². The Balaban J connectivity index is 1.94. The molecule has 0 atom stereocenters. The van der Waals surface area contributed by atoms with Crippen molar-refractivity contribution < 1.29 is 13.6 Å². The molecule has 3 aromatic rings. The van der Waals surface area contributed by atoms with E-state index in [1.165, 1.54) is 6.07 Å². The molecule has 0 bridgehead atoms. The van der Waals surface area contributed by atoms with Crippen LogP contribution in [-0.2, 0) is 0 Å². The van der Waals surface area contributed by atoms with Gasteiger partial charge in [-0.3, -0.25) is 9.78 Å². The lowest BCUT2D eigenvalue weighted by atomic mass is 10.1. The second-order valence-corrected chi connectivity index (χ2v) is 5.48. The number of nitrogens with zero attached hydrogens (tertiary/aromatic N) is 3. The van der Waals surface area contributed by atoms with Crippen molar-refractivity contribution in [2.24, 2.45) is 0 Å². The third kappa shape index (κ3) is 4.00. The predicted molar refractivity (Wildman–Crippen MR) is 89.0 cm³/mol. The maximum absolute atomic E-state index is 13.4. The lowest BCUT2D eigenvalue weighted by Gasteiger charge is -2.08. The second kappa shape index (κ2) is 6.72. The van der Waals surface area contributed by atoms with Gasteiger partial charge in [0.1, 0.15) is 23.2 Å². The van der Waals surface area contributed by atoms with Crippen LogP contribution in [0, 0.1) is 25.5 Å². The highest BCUT2D eigenvalue weighted by Gasteiger charge is 2.13. The Bertz CT molecular complexity index is 939. The third-order valence-corrected chi connectivity index (χ3v) is 3.38. The number of pyridine rings is 1. The minimum Gasteiger partial charge on any atom is -0.321 e. The van der Waals surface area contributed by atoms with Gasteiger partial charge < -0.3 is 5.32 Å². The van der Waals surface area contributed by atoms with E-state index >= 15 is 0 Å². The van der Waals surface area contributed by atoms with Gasteiger partial charge in [0.05, 0.1) is 5.69 Å². The van der Waals surface area contributed by atoms with Crippen LogP contribution in [0.3, 0.4) is 0 Å². The van der Waals surface area contributed by atoms with Gasteiger partial charge >= 0.3 is 0 Å². The van der Waals surface area contributed by atoms with Crippen molar-refractivity contribution in [3.05, 3.63) is 71.4 Å². The molecular weight excluding hydrogens is 326 g/mol. The summed E-state index contributed by atoms with van der Waals surface area (Å²) in [6.07, 6.45) is 1.58. The minimum absolute atomic E-state index is 0.0987. The van der Waals surface area contributed by atoms with Crippen molar-refractivity contribution in [3.63, 3.8) is 0 Å². The summed E-state index contributed by atoms with van der Waals surface area (Å²) in [5.74, 6) is -1.57. The molecule has 0 saturated heterocycles. The van der Waals surface area contributed by atoms with Gasteiger partial charge in [0.25, 0.3) is 5.91 Å². The third-order valence-electron chi connectivity index (χ3n) is 3.38. The molecule has 25 heavy (non-hydrogen) atoms. The summed E-state index contributed by atoms with van der Waals surface area (Å²) in [5.41, 5.74) is 1.93. The molecule has 1 aromatic carbocycles. The van der Waals surface area contributed by atoms with E-state index < -0.39 is 17.5 Å².